The third-order valence-electron chi connectivity index (χ3n) is 2.04. The number of hydrogen-bond acceptors (Lipinski definition) is 2. The first-order valence-electron chi connectivity index (χ1n) is 4.93. The second-order valence-electron chi connectivity index (χ2n) is 3.29. The summed E-state index contributed by atoms with van der Waals surface area (Å²) in [6.45, 7) is 0.359. The highest BCUT2D eigenvalue weighted by atomic mass is 19.1. The molecule has 0 spiro atoms. The Balaban J connectivity index is 1.82. The van der Waals surface area contributed by atoms with Crippen LogP contribution in [0.25, 0.3) is 0 Å². The predicted molar refractivity (Wildman–Crippen MR) is 58.3 cm³/mol. The van der Waals surface area contributed by atoms with E-state index in [1.54, 1.807) is 0 Å². The maximum atomic E-state index is 12.6. The van der Waals surface area contributed by atoms with Gasteiger partial charge in [-0.2, -0.15) is 4.89 Å². The van der Waals surface area contributed by atoms with Gasteiger partial charge in [-0.25, -0.2) is 4.39 Å². The predicted octanol–water partition coefficient (Wildman–Crippen LogP) is 3.34. The first-order valence-corrected chi connectivity index (χ1v) is 4.93. The zero-order chi connectivity index (χ0) is 11.2. The molecule has 0 N–H and O–H groups in total. The fourth-order valence-electron chi connectivity index (χ4n) is 1.23. The van der Waals surface area contributed by atoms with Crippen LogP contribution in [-0.4, -0.2) is 0 Å². The summed E-state index contributed by atoms with van der Waals surface area (Å²) < 4.78 is 12.6. The van der Waals surface area contributed by atoms with Crippen molar-refractivity contribution < 1.29 is 14.2 Å². The van der Waals surface area contributed by atoms with Gasteiger partial charge in [-0.3, -0.25) is 0 Å². The lowest BCUT2D eigenvalue weighted by Crippen LogP contribution is -1.97. The van der Waals surface area contributed by atoms with Gasteiger partial charge in [0.15, 0.2) is 5.75 Å². The van der Waals surface area contributed by atoms with Crippen molar-refractivity contribution >= 4 is 0 Å². The Bertz CT molecular complexity index is 425. The standard InChI is InChI=1S/C13H11FO2/c14-12-6-8-13(9-7-12)16-15-10-11-4-2-1-3-5-11/h1-9H,10H2. The molecule has 2 rings (SSSR count). The van der Waals surface area contributed by atoms with Crippen LogP contribution in [0.4, 0.5) is 4.39 Å². The Kier molecular flexibility index (Phi) is 3.51. The van der Waals surface area contributed by atoms with Crippen molar-refractivity contribution in [1.29, 1.82) is 0 Å². The van der Waals surface area contributed by atoms with Crippen LogP contribution in [-0.2, 0) is 11.5 Å². The van der Waals surface area contributed by atoms with E-state index in [2.05, 4.69) is 0 Å². The van der Waals surface area contributed by atoms with Crippen molar-refractivity contribution in [3.05, 3.63) is 66.0 Å². The molecule has 0 heterocycles. The average Bonchev–Trinajstić information content (AvgIpc) is 2.33. The molecule has 0 saturated heterocycles. The maximum absolute atomic E-state index is 12.6. The van der Waals surface area contributed by atoms with E-state index in [-0.39, 0.29) is 5.82 Å². The van der Waals surface area contributed by atoms with Crippen LogP contribution in [0.5, 0.6) is 5.75 Å². The highest BCUT2D eigenvalue weighted by Crippen LogP contribution is 2.12. The normalized spacial score (nSPS) is 10.1. The number of rotatable bonds is 4. The Morgan fingerprint density at radius 1 is 0.875 bits per heavy atom. The van der Waals surface area contributed by atoms with Gasteiger partial charge in [-0.1, -0.05) is 30.3 Å². The summed E-state index contributed by atoms with van der Waals surface area (Å²) in [7, 11) is 0. The van der Waals surface area contributed by atoms with E-state index >= 15 is 0 Å². The van der Waals surface area contributed by atoms with Crippen molar-refractivity contribution in [3.63, 3.8) is 0 Å². The van der Waals surface area contributed by atoms with E-state index in [1.165, 1.54) is 24.3 Å². The Labute approximate surface area is 93.2 Å². The van der Waals surface area contributed by atoms with E-state index in [4.69, 9.17) is 9.78 Å². The summed E-state index contributed by atoms with van der Waals surface area (Å²) in [5.74, 6) is 0.188. The molecule has 0 atom stereocenters. The minimum absolute atomic E-state index is 0.296. The van der Waals surface area contributed by atoms with Gasteiger partial charge in [0.05, 0.1) is 0 Å². The van der Waals surface area contributed by atoms with Crippen molar-refractivity contribution in [2.75, 3.05) is 0 Å². The third-order valence-corrected chi connectivity index (χ3v) is 2.04. The summed E-state index contributed by atoms with van der Waals surface area (Å²) >= 11 is 0. The SMILES string of the molecule is Fc1ccc(OOCc2ccccc2)cc1. The largest absolute Gasteiger partial charge is 0.337 e. The van der Waals surface area contributed by atoms with Crippen LogP contribution in [0, 0.1) is 5.82 Å². The number of hydrogen-bond donors (Lipinski definition) is 0. The molecule has 2 aromatic rings. The quantitative estimate of drug-likeness (QED) is 0.578. The highest BCUT2D eigenvalue weighted by molar-refractivity contribution is 5.21. The summed E-state index contributed by atoms with van der Waals surface area (Å²) in [6, 6.07) is 15.3. The highest BCUT2D eigenvalue weighted by Gasteiger charge is 1.96. The lowest BCUT2D eigenvalue weighted by Gasteiger charge is -2.04. The van der Waals surface area contributed by atoms with Crippen LogP contribution in [0.1, 0.15) is 5.56 Å². The summed E-state index contributed by atoms with van der Waals surface area (Å²) in [5, 5.41) is 0. The lowest BCUT2D eigenvalue weighted by atomic mass is 10.2. The van der Waals surface area contributed by atoms with Gasteiger partial charge in [0.1, 0.15) is 12.4 Å². The first kappa shape index (κ1) is 10.6. The monoisotopic (exact) mass is 218 g/mol. The zero-order valence-electron chi connectivity index (χ0n) is 8.60. The average molecular weight is 218 g/mol. The van der Waals surface area contributed by atoms with Crippen molar-refractivity contribution in [3.8, 4) is 5.75 Å². The van der Waals surface area contributed by atoms with Gasteiger partial charge in [0.25, 0.3) is 0 Å². The Morgan fingerprint density at radius 3 is 2.25 bits per heavy atom. The molecule has 3 heteroatoms. The molecule has 0 bridgehead atoms. The van der Waals surface area contributed by atoms with E-state index in [1.807, 2.05) is 30.3 Å². The van der Waals surface area contributed by atoms with Gasteiger partial charge in [0.2, 0.25) is 0 Å². The number of halogens is 1. The molecule has 0 aliphatic rings. The lowest BCUT2D eigenvalue weighted by molar-refractivity contribution is -0.217. The summed E-state index contributed by atoms with van der Waals surface area (Å²) in [4.78, 5) is 10.0. The zero-order valence-corrected chi connectivity index (χ0v) is 8.60. The smallest absolute Gasteiger partial charge is 0.165 e. The fraction of sp³-hybridized carbons (Fsp3) is 0.0769. The molecule has 0 radical (unpaired) electrons. The molecular formula is C13H11FO2. The van der Waals surface area contributed by atoms with Crippen molar-refractivity contribution in [2.45, 2.75) is 6.61 Å². The van der Waals surface area contributed by atoms with E-state index in [0.29, 0.717) is 12.4 Å². The van der Waals surface area contributed by atoms with Gasteiger partial charge >= 0.3 is 0 Å². The fourth-order valence-corrected chi connectivity index (χ4v) is 1.23. The third kappa shape index (κ3) is 3.07. The van der Waals surface area contributed by atoms with Crippen LogP contribution < -0.4 is 4.89 Å². The van der Waals surface area contributed by atoms with E-state index < -0.39 is 0 Å². The molecule has 82 valence electrons. The molecule has 0 amide bonds. The molecule has 0 fully saturated rings. The first-order chi connectivity index (χ1) is 7.84. The number of benzene rings is 2. The molecule has 0 saturated carbocycles. The van der Waals surface area contributed by atoms with Crippen LogP contribution in [0.2, 0.25) is 0 Å². The van der Waals surface area contributed by atoms with Crippen molar-refractivity contribution in [1.82, 2.24) is 0 Å². The van der Waals surface area contributed by atoms with Gasteiger partial charge < -0.3 is 4.89 Å². The second kappa shape index (κ2) is 5.28. The van der Waals surface area contributed by atoms with Crippen LogP contribution in [0.15, 0.2) is 54.6 Å². The van der Waals surface area contributed by atoms with Crippen LogP contribution >= 0.6 is 0 Å². The van der Waals surface area contributed by atoms with E-state index in [0.717, 1.165) is 5.56 Å². The van der Waals surface area contributed by atoms with Gasteiger partial charge in [0, 0.05) is 0 Å². The minimum Gasteiger partial charge on any atom is -0.337 e. The second-order valence-corrected chi connectivity index (χ2v) is 3.29. The van der Waals surface area contributed by atoms with Crippen LogP contribution in [0.3, 0.4) is 0 Å². The summed E-state index contributed by atoms with van der Waals surface area (Å²) in [6.07, 6.45) is 0. The van der Waals surface area contributed by atoms with Gasteiger partial charge in [-0.05, 0) is 29.8 Å². The molecule has 0 aromatic heterocycles. The molecule has 0 aliphatic carbocycles. The minimum atomic E-state index is -0.296. The topological polar surface area (TPSA) is 18.5 Å². The molecular weight excluding hydrogens is 207 g/mol. The molecule has 0 unspecified atom stereocenters. The molecule has 2 nitrogen and oxygen atoms in total. The maximum Gasteiger partial charge on any atom is 0.165 e. The summed E-state index contributed by atoms with van der Waals surface area (Å²) in [5.41, 5.74) is 1.02. The Hall–Kier alpha value is -1.87. The Morgan fingerprint density at radius 2 is 1.56 bits per heavy atom. The molecule has 0 aliphatic heterocycles. The van der Waals surface area contributed by atoms with Crippen molar-refractivity contribution in [2.24, 2.45) is 0 Å². The molecule has 16 heavy (non-hydrogen) atoms. The van der Waals surface area contributed by atoms with E-state index in [9.17, 15) is 4.39 Å². The van der Waals surface area contributed by atoms with Gasteiger partial charge in [-0.15, -0.1) is 0 Å². The molecule has 2 aromatic carbocycles.